The van der Waals surface area contributed by atoms with Crippen molar-refractivity contribution in [1.82, 2.24) is 0 Å². The van der Waals surface area contributed by atoms with E-state index in [9.17, 15) is 10.2 Å². The fourth-order valence-corrected chi connectivity index (χ4v) is 2.17. The first kappa shape index (κ1) is 16.8. The maximum Gasteiger partial charge on any atom is 0.139 e. The molecule has 0 spiro atoms. The Labute approximate surface area is 129 Å². The molecule has 5 heteroatoms. The molecule has 0 bridgehead atoms. The van der Waals surface area contributed by atoms with E-state index in [1.54, 1.807) is 18.2 Å². The van der Waals surface area contributed by atoms with E-state index in [2.05, 4.69) is 0 Å². The van der Waals surface area contributed by atoms with Gasteiger partial charge in [0.15, 0.2) is 0 Å². The number of hydrogen-bond donors (Lipinski definition) is 3. The van der Waals surface area contributed by atoms with Crippen molar-refractivity contribution in [2.45, 2.75) is 18.6 Å². The molecule has 0 saturated carbocycles. The van der Waals surface area contributed by atoms with E-state index in [1.165, 1.54) is 0 Å². The average Bonchev–Trinajstić information content (AvgIpc) is 2.42. The molecule has 20 heavy (non-hydrogen) atoms. The first-order valence-electron chi connectivity index (χ1n) is 6.04. The number of halogens is 2. The minimum atomic E-state index is -0.785. The largest absolute Gasteiger partial charge is 0.506 e. The Morgan fingerprint density at radius 2 is 1.70 bits per heavy atom. The second-order valence-electron chi connectivity index (χ2n) is 4.46. The summed E-state index contributed by atoms with van der Waals surface area (Å²) >= 11 is 5.84. The number of phenolic OH excluding ortho intramolecular Hbond substituents is 1. The number of nitrogens with two attached hydrogens (primary N) is 1. The van der Waals surface area contributed by atoms with Gasteiger partial charge in [0.05, 0.1) is 17.2 Å². The second-order valence-corrected chi connectivity index (χ2v) is 4.87. The van der Waals surface area contributed by atoms with Gasteiger partial charge in [0.2, 0.25) is 0 Å². The lowest BCUT2D eigenvalue weighted by atomic mass is 9.96. The van der Waals surface area contributed by atoms with Crippen LogP contribution in [0.4, 0.5) is 0 Å². The third kappa shape index (κ3) is 3.87. The molecule has 2 atom stereocenters. The highest BCUT2D eigenvalue weighted by Crippen LogP contribution is 2.32. The molecule has 108 valence electrons. The summed E-state index contributed by atoms with van der Waals surface area (Å²) in [5, 5.41) is 20.3. The van der Waals surface area contributed by atoms with Crippen LogP contribution in [0.15, 0.2) is 48.5 Å². The van der Waals surface area contributed by atoms with Crippen molar-refractivity contribution in [3.05, 3.63) is 64.7 Å². The molecule has 4 N–H and O–H groups in total. The summed E-state index contributed by atoms with van der Waals surface area (Å²) in [6.45, 7) is 0. The van der Waals surface area contributed by atoms with Gasteiger partial charge in [0.1, 0.15) is 5.75 Å². The molecule has 0 heterocycles. The van der Waals surface area contributed by atoms with Gasteiger partial charge in [0.25, 0.3) is 0 Å². The van der Waals surface area contributed by atoms with Gasteiger partial charge < -0.3 is 15.9 Å². The first-order valence-corrected chi connectivity index (χ1v) is 6.42. The van der Waals surface area contributed by atoms with E-state index in [-0.39, 0.29) is 23.2 Å². The van der Waals surface area contributed by atoms with Crippen molar-refractivity contribution in [2.75, 3.05) is 0 Å². The maximum absolute atomic E-state index is 10.2. The Balaban J connectivity index is 0.00000200. The lowest BCUT2D eigenvalue weighted by Crippen LogP contribution is -2.28. The predicted octanol–water partition coefficient (Wildman–Crippen LogP) is 3.07. The molecule has 2 aromatic rings. The standard InChI is InChI=1S/C15H16ClNO2.ClH/c16-12-8-4-7-11(15(12)19)14(17)13(18)9-10-5-2-1-3-6-10;/h1-8,13-14,18-19H,9,17H2;1H/t13-,14+;/m1./s1. The number of rotatable bonds is 4. The molecule has 0 radical (unpaired) electrons. The molecule has 0 aliphatic rings. The van der Waals surface area contributed by atoms with Gasteiger partial charge in [-0.15, -0.1) is 12.4 Å². The van der Waals surface area contributed by atoms with E-state index in [4.69, 9.17) is 17.3 Å². The molecule has 2 rings (SSSR count). The molecule has 0 fully saturated rings. The highest BCUT2D eigenvalue weighted by Gasteiger charge is 2.21. The highest BCUT2D eigenvalue weighted by molar-refractivity contribution is 6.32. The molecule has 0 amide bonds. The lowest BCUT2D eigenvalue weighted by molar-refractivity contribution is 0.144. The van der Waals surface area contributed by atoms with E-state index in [0.29, 0.717) is 12.0 Å². The van der Waals surface area contributed by atoms with Crippen LogP contribution in [0.5, 0.6) is 5.75 Å². The molecule has 0 saturated heterocycles. The van der Waals surface area contributed by atoms with E-state index in [1.807, 2.05) is 30.3 Å². The molecule has 0 aromatic heterocycles. The van der Waals surface area contributed by atoms with Crippen LogP contribution < -0.4 is 5.73 Å². The Kier molecular flexibility index (Phi) is 6.30. The summed E-state index contributed by atoms with van der Waals surface area (Å²) in [6, 6.07) is 13.8. The minimum absolute atomic E-state index is 0. The van der Waals surface area contributed by atoms with Crippen molar-refractivity contribution in [3.8, 4) is 5.75 Å². The van der Waals surface area contributed by atoms with Crippen LogP contribution in [0.3, 0.4) is 0 Å². The van der Waals surface area contributed by atoms with E-state index < -0.39 is 12.1 Å². The van der Waals surface area contributed by atoms with Gasteiger partial charge in [-0.25, -0.2) is 0 Å². The fraction of sp³-hybridized carbons (Fsp3) is 0.200. The minimum Gasteiger partial charge on any atom is -0.506 e. The molecule has 2 aromatic carbocycles. The van der Waals surface area contributed by atoms with Crippen LogP contribution in [0, 0.1) is 0 Å². The normalized spacial score (nSPS) is 13.3. The van der Waals surface area contributed by atoms with Crippen molar-refractivity contribution in [3.63, 3.8) is 0 Å². The Morgan fingerprint density at radius 3 is 2.35 bits per heavy atom. The van der Waals surface area contributed by atoms with Gasteiger partial charge in [-0.3, -0.25) is 0 Å². The topological polar surface area (TPSA) is 66.5 Å². The third-order valence-electron chi connectivity index (χ3n) is 3.08. The number of phenols is 1. The van der Waals surface area contributed by atoms with Crippen LogP contribution >= 0.6 is 24.0 Å². The monoisotopic (exact) mass is 313 g/mol. The fourth-order valence-electron chi connectivity index (χ4n) is 1.99. The van der Waals surface area contributed by atoms with Crippen LogP contribution in [-0.4, -0.2) is 16.3 Å². The van der Waals surface area contributed by atoms with Crippen LogP contribution in [-0.2, 0) is 6.42 Å². The van der Waals surface area contributed by atoms with Gasteiger partial charge in [-0.2, -0.15) is 0 Å². The molecule has 0 unspecified atom stereocenters. The summed E-state index contributed by atoms with van der Waals surface area (Å²) in [6.07, 6.45) is -0.361. The Hall–Kier alpha value is -1.26. The smallest absolute Gasteiger partial charge is 0.139 e. The van der Waals surface area contributed by atoms with Gasteiger partial charge in [-0.1, -0.05) is 54.1 Å². The zero-order chi connectivity index (χ0) is 13.8. The molecule has 3 nitrogen and oxygen atoms in total. The number of aliphatic hydroxyl groups excluding tert-OH is 1. The van der Waals surface area contributed by atoms with Crippen molar-refractivity contribution < 1.29 is 10.2 Å². The van der Waals surface area contributed by atoms with Gasteiger partial charge in [0, 0.05) is 12.0 Å². The predicted molar refractivity (Wildman–Crippen MR) is 83.4 cm³/mol. The van der Waals surface area contributed by atoms with E-state index in [0.717, 1.165) is 5.56 Å². The number of para-hydroxylation sites is 1. The molecule has 0 aliphatic heterocycles. The molecule has 0 aliphatic carbocycles. The SMILES string of the molecule is Cl.N[C@@H](c1cccc(Cl)c1O)[C@H](O)Cc1ccccc1. The van der Waals surface area contributed by atoms with Crippen molar-refractivity contribution >= 4 is 24.0 Å². The quantitative estimate of drug-likeness (QED) is 0.812. The average molecular weight is 314 g/mol. The number of hydrogen-bond acceptors (Lipinski definition) is 3. The Morgan fingerprint density at radius 1 is 1.05 bits per heavy atom. The van der Waals surface area contributed by atoms with Crippen LogP contribution in [0.1, 0.15) is 17.2 Å². The van der Waals surface area contributed by atoms with Crippen molar-refractivity contribution in [2.24, 2.45) is 5.73 Å². The number of aliphatic hydroxyl groups is 1. The van der Waals surface area contributed by atoms with Crippen LogP contribution in [0.25, 0.3) is 0 Å². The maximum atomic E-state index is 10.2. The van der Waals surface area contributed by atoms with Gasteiger partial charge in [-0.05, 0) is 11.6 Å². The molecular formula is C15H17Cl2NO2. The number of aromatic hydroxyl groups is 1. The van der Waals surface area contributed by atoms with Crippen molar-refractivity contribution in [1.29, 1.82) is 0 Å². The summed E-state index contributed by atoms with van der Waals surface area (Å²) in [5.74, 6) is -0.0659. The lowest BCUT2D eigenvalue weighted by Gasteiger charge is -2.20. The summed E-state index contributed by atoms with van der Waals surface area (Å²) in [4.78, 5) is 0. The molecular weight excluding hydrogens is 297 g/mol. The Bertz CT molecular complexity index is 549. The highest BCUT2D eigenvalue weighted by atomic mass is 35.5. The summed E-state index contributed by atoms with van der Waals surface area (Å²) < 4.78 is 0. The number of benzene rings is 2. The van der Waals surface area contributed by atoms with E-state index >= 15 is 0 Å². The first-order chi connectivity index (χ1) is 9.09. The second kappa shape index (κ2) is 7.50. The van der Waals surface area contributed by atoms with Gasteiger partial charge >= 0.3 is 0 Å². The van der Waals surface area contributed by atoms with Crippen LogP contribution in [0.2, 0.25) is 5.02 Å². The third-order valence-corrected chi connectivity index (χ3v) is 3.38. The summed E-state index contributed by atoms with van der Waals surface area (Å²) in [7, 11) is 0. The summed E-state index contributed by atoms with van der Waals surface area (Å²) in [5.41, 5.74) is 7.43. The zero-order valence-corrected chi connectivity index (χ0v) is 12.3. The zero-order valence-electron chi connectivity index (χ0n) is 10.7.